The van der Waals surface area contributed by atoms with Crippen LogP contribution in [0, 0.1) is 6.92 Å². The maximum Gasteiger partial charge on any atom is 0.160 e. The van der Waals surface area contributed by atoms with Crippen LogP contribution in [-0.4, -0.2) is 20.2 Å². The highest BCUT2D eigenvalue weighted by Gasteiger charge is 2.07. The molecule has 4 rings (SSSR count). The molecule has 2 heterocycles. The molecule has 4 aromatic rings. The maximum atomic E-state index is 5.92. The summed E-state index contributed by atoms with van der Waals surface area (Å²) in [4.78, 5) is 8.43. The van der Waals surface area contributed by atoms with Crippen molar-refractivity contribution in [3.8, 4) is 5.75 Å². The molecule has 6 heteroatoms. The molecule has 0 spiro atoms. The van der Waals surface area contributed by atoms with E-state index in [-0.39, 0.29) is 0 Å². The van der Waals surface area contributed by atoms with E-state index in [0.29, 0.717) is 12.3 Å². The number of fused-ring (bicyclic) bond motifs is 1. The van der Waals surface area contributed by atoms with Gasteiger partial charge in [-0.3, -0.25) is 5.10 Å². The summed E-state index contributed by atoms with van der Waals surface area (Å²) in [6, 6.07) is 16.1. The zero-order valence-electron chi connectivity index (χ0n) is 13.7. The fraction of sp³-hybridized carbons (Fsp3) is 0.105. The number of anilines is 2. The Morgan fingerprint density at radius 1 is 1.08 bits per heavy atom. The third kappa shape index (κ3) is 3.28. The minimum Gasteiger partial charge on any atom is -0.489 e. The van der Waals surface area contributed by atoms with Crippen molar-refractivity contribution in [2.75, 3.05) is 5.32 Å². The maximum absolute atomic E-state index is 5.92. The van der Waals surface area contributed by atoms with Gasteiger partial charge in [0.1, 0.15) is 24.5 Å². The molecule has 0 saturated heterocycles. The van der Waals surface area contributed by atoms with E-state index in [2.05, 4.69) is 37.6 Å². The van der Waals surface area contributed by atoms with Crippen LogP contribution in [0.15, 0.2) is 61.1 Å². The summed E-state index contributed by atoms with van der Waals surface area (Å²) < 4.78 is 5.92. The average molecular weight is 331 g/mol. The topological polar surface area (TPSA) is 75.7 Å². The van der Waals surface area contributed by atoms with Gasteiger partial charge in [0, 0.05) is 5.69 Å². The van der Waals surface area contributed by atoms with Gasteiger partial charge in [-0.05, 0) is 36.2 Å². The first kappa shape index (κ1) is 15.1. The molecule has 2 aromatic carbocycles. The number of hydrogen-bond donors (Lipinski definition) is 2. The number of aryl methyl sites for hydroxylation is 1. The van der Waals surface area contributed by atoms with Gasteiger partial charge in [0.15, 0.2) is 5.65 Å². The van der Waals surface area contributed by atoms with Crippen molar-refractivity contribution < 1.29 is 4.74 Å². The fourth-order valence-corrected chi connectivity index (χ4v) is 2.63. The fourth-order valence-electron chi connectivity index (χ4n) is 2.63. The highest BCUT2D eigenvalue weighted by atomic mass is 16.5. The molecule has 0 aliphatic carbocycles. The first-order chi connectivity index (χ1) is 12.3. The lowest BCUT2D eigenvalue weighted by Crippen LogP contribution is -1.99. The van der Waals surface area contributed by atoms with Crippen LogP contribution in [0.4, 0.5) is 11.5 Å². The van der Waals surface area contributed by atoms with Gasteiger partial charge in [-0.2, -0.15) is 5.10 Å². The second-order valence-corrected chi connectivity index (χ2v) is 5.73. The van der Waals surface area contributed by atoms with Crippen molar-refractivity contribution in [3.05, 3.63) is 72.2 Å². The zero-order valence-corrected chi connectivity index (χ0v) is 13.7. The number of benzene rings is 2. The Balaban J connectivity index is 1.51. The van der Waals surface area contributed by atoms with Gasteiger partial charge >= 0.3 is 0 Å². The number of rotatable bonds is 5. The summed E-state index contributed by atoms with van der Waals surface area (Å²) in [6.07, 6.45) is 3.22. The summed E-state index contributed by atoms with van der Waals surface area (Å²) in [5.74, 6) is 1.58. The van der Waals surface area contributed by atoms with E-state index < -0.39 is 0 Å². The van der Waals surface area contributed by atoms with E-state index in [1.807, 2.05) is 43.3 Å². The van der Waals surface area contributed by atoms with Gasteiger partial charge in [-0.15, -0.1) is 0 Å². The second-order valence-electron chi connectivity index (χ2n) is 5.73. The van der Waals surface area contributed by atoms with Gasteiger partial charge in [-0.25, -0.2) is 9.97 Å². The number of aromatic nitrogens is 4. The van der Waals surface area contributed by atoms with Crippen molar-refractivity contribution >= 4 is 22.5 Å². The molecule has 0 aliphatic rings. The molecule has 0 aliphatic heterocycles. The Bertz CT molecular complexity index is 997. The average Bonchev–Trinajstić information content (AvgIpc) is 3.12. The van der Waals surface area contributed by atoms with Gasteiger partial charge < -0.3 is 10.1 Å². The number of ether oxygens (including phenoxy) is 1. The Morgan fingerprint density at radius 2 is 1.96 bits per heavy atom. The van der Waals surface area contributed by atoms with E-state index in [0.717, 1.165) is 33.8 Å². The van der Waals surface area contributed by atoms with E-state index >= 15 is 0 Å². The first-order valence-corrected chi connectivity index (χ1v) is 7.98. The minimum absolute atomic E-state index is 0.552. The number of nitrogens with zero attached hydrogens (tertiary/aromatic N) is 3. The number of nitrogens with one attached hydrogen (secondary N) is 2. The van der Waals surface area contributed by atoms with Crippen LogP contribution < -0.4 is 10.1 Å². The van der Waals surface area contributed by atoms with Gasteiger partial charge in [0.05, 0.1) is 11.6 Å². The van der Waals surface area contributed by atoms with Crippen LogP contribution >= 0.6 is 0 Å². The lowest BCUT2D eigenvalue weighted by Gasteiger charge is -2.12. The van der Waals surface area contributed by atoms with E-state index in [1.54, 1.807) is 6.20 Å². The highest BCUT2D eigenvalue weighted by Crippen LogP contribution is 2.26. The number of aromatic amines is 1. The molecule has 2 aromatic heterocycles. The van der Waals surface area contributed by atoms with Crippen molar-refractivity contribution in [2.45, 2.75) is 13.5 Å². The van der Waals surface area contributed by atoms with Crippen LogP contribution in [-0.2, 0) is 6.61 Å². The monoisotopic (exact) mass is 331 g/mol. The zero-order chi connectivity index (χ0) is 17.1. The molecule has 6 nitrogen and oxygen atoms in total. The predicted molar refractivity (Wildman–Crippen MR) is 96.9 cm³/mol. The summed E-state index contributed by atoms with van der Waals surface area (Å²) in [7, 11) is 0. The van der Waals surface area contributed by atoms with Crippen LogP contribution in [0.1, 0.15) is 11.1 Å². The molecule has 0 saturated carbocycles. The smallest absolute Gasteiger partial charge is 0.160 e. The molecular weight excluding hydrogens is 314 g/mol. The van der Waals surface area contributed by atoms with Crippen molar-refractivity contribution in [2.24, 2.45) is 0 Å². The summed E-state index contributed by atoms with van der Waals surface area (Å²) in [6.45, 7) is 2.58. The Hall–Kier alpha value is -3.41. The highest BCUT2D eigenvalue weighted by molar-refractivity contribution is 5.87. The van der Waals surface area contributed by atoms with Crippen molar-refractivity contribution in [1.29, 1.82) is 0 Å². The SMILES string of the molecule is Cc1cc(Nc2ncnc3[nH]ncc23)ccc1OCc1ccccc1. The van der Waals surface area contributed by atoms with E-state index in [9.17, 15) is 0 Å². The lowest BCUT2D eigenvalue weighted by molar-refractivity contribution is 0.304. The van der Waals surface area contributed by atoms with Crippen molar-refractivity contribution in [1.82, 2.24) is 20.2 Å². The van der Waals surface area contributed by atoms with Crippen LogP contribution in [0.25, 0.3) is 11.0 Å². The molecule has 0 fully saturated rings. The van der Waals surface area contributed by atoms with Gasteiger partial charge in [0.2, 0.25) is 0 Å². The van der Waals surface area contributed by atoms with Crippen LogP contribution in [0.3, 0.4) is 0 Å². The predicted octanol–water partition coefficient (Wildman–Crippen LogP) is 3.98. The second kappa shape index (κ2) is 6.60. The quantitative estimate of drug-likeness (QED) is 0.578. The summed E-state index contributed by atoms with van der Waals surface area (Å²) >= 11 is 0. The third-order valence-electron chi connectivity index (χ3n) is 3.92. The molecule has 0 bridgehead atoms. The van der Waals surface area contributed by atoms with Gasteiger partial charge in [0.25, 0.3) is 0 Å². The molecule has 2 N–H and O–H groups in total. The third-order valence-corrected chi connectivity index (χ3v) is 3.92. The molecule has 25 heavy (non-hydrogen) atoms. The standard InChI is InChI=1S/C19H17N5O/c1-13-9-15(23-18-16-10-22-24-19(16)21-12-20-18)7-8-17(13)25-11-14-5-3-2-4-6-14/h2-10,12H,11H2,1H3,(H2,20,21,22,23,24). The van der Waals surface area contributed by atoms with E-state index in [1.165, 1.54) is 6.33 Å². The molecule has 0 atom stereocenters. The normalized spacial score (nSPS) is 10.8. The largest absolute Gasteiger partial charge is 0.489 e. The molecule has 0 unspecified atom stereocenters. The lowest BCUT2D eigenvalue weighted by atomic mass is 10.2. The Morgan fingerprint density at radius 3 is 2.80 bits per heavy atom. The molecule has 0 amide bonds. The van der Waals surface area contributed by atoms with Gasteiger partial charge in [-0.1, -0.05) is 30.3 Å². The van der Waals surface area contributed by atoms with Crippen molar-refractivity contribution in [3.63, 3.8) is 0 Å². The molecular formula is C19H17N5O. The number of H-pyrrole nitrogens is 1. The minimum atomic E-state index is 0.552. The molecule has 124 valence electrons. The summed E-state index contributed by atoms with van der Waals surface area (Å²) in [5, 5.41) is 11.0. The summed E-state index contributed by atoms with van der Waals surface area (Å²) in [5.41, 5.74) is 3.84. The molecule has 0 radical (unpaired) electrons. The van der Waals surface area contributed by atoms with E-state index in [4.69, 9.17) is 4.74 Å². The van der Waals surface area contributed by atoms with Crippen LogP contribution in [0.5, 0.6) is 5.75 Å². The van der Waals surface area contributed by atoms with Crippen LogP contribution in [0.2, 0.25) is 0 Å². The Kier molecular flexibility index (Phi) is 4.00. The first-order valence-electron chi connectivity index (χ1n) is 7.98. The number of hydrogen-bond acceptors (Lipinski definition) is 5. The Labute approximate surface area is 144 Å².